The van der Waals surface area contributed by atoms with E-state index in [1.165, 1.54) is 6.08 Å². The Morgan fingerprint density at radius 1 is 1.31 bits per heavy atom. The van der Waals surface area contributed by atoms with E-state index in [4.69, 9.17) is 11.6 Å². The van der Waals surface area contributed by atoms with Crippen molar-refractivity contribution in [3.63, 3.8) is 0 Å². The molecule has 0 amide bonds. The van der Waals surface area contributed by atoms with Crippen LogP contribution in [0.5, 0.6) is 0 Å². The molecule has 0 unspecified atom stereocenters. The standard InChI is InChI=1S/C7H3ClF3.ClH.Zn/c8-6-3-1-2-5(4-6)7(9,10)11;;/h1,3-4H;1H;/p-1. The van der Waals surface area contributed by atoms with Crippen molar-refractivity contribution in [2.24, 2.45) is 0 Å². The minimum absolute atomic E-state index is 0. The van der Waals surface area contributed by atoms with Gasteiger partial charge in [0.15, 0.2) is 0 Å². The van der Waals surface area contributed by atoms with Crippen LogP contribution in [0, 0.1) is 6.42 Å². The van der Waals surface area contributed by atoms with Gasteiger partial charge in [-0.1, -0.05) is 11.6 Å². The molecular weight excluding hydrogens is 277 g/mol. The molecule has 0 N–H and O–H groups in total. The number of hydrogen-bond acceptors (Lipinski definition) is 0. The number of rotatable bonds is 0. The van der Waals surface area contributed by atoms with E-state index in [-0.39, 0.29) is 36.9 Å². The second-order valence-electron chi connectivity index (χ2n) is 1.92. The summed E-state index contributed by atoms with van der Waals surface area (Å²) in [5, 5.41) is 0.0658. The SMILES string of the molecule is FC(F)(F)C1=C=CC=C(Cl)[CH]1.[Cl-].[Zn]. The first-order valence-electron chi connectivity index (χ1n) is 2.74. The van der Waals surface area contributed by atoms with Gasteiger partial charge in [-0.2, -0.15) is 13.2 Å². The summed E-state index contributed by atoms with van der Waals surface area (Å²) >= 11 is 5.33. The van der Waals surface area contributed by atoms with Crippen molar-refractivity contribution in [1.29, 1.82) is 0 Å². The summed E-state index contributed by atoms with van der Waals surface area (Å²) in [6, 6.07) is 0. The minimum Gasteiger partial charge on any atom is -1.00 e. The van der Waals surface area contributed by atoms with Gasteiger partial charge in [0.05, 0.1) is 5.57 Å². The molecular formula is C7H3Cl2F3Zn-. The molecule has 0 bridgehead atoms. The Labute approximate surface area is 97.7 Å². The van der Waals surface area contributed by atoms with Gasteiger partial charge in [-0.25, -0.2) is 0 Å². The number of alkyl halides is 3. The van der Waals surface area contributed by atoms with Gasteiger partial charge in [0.1, 0.15) is 0 Å². The molecule has 13 heavy (non-hydrogen) atoms. The zero-order chi connectivity index (χ0) is 8.48. The smallest absolute Gasteiger partial charge is 0.420 e. The topological polar surface area (TPSA) is 0 Å². The largest absolute Gasteiger partial charge is 1.00 e. The van der Waals surface area contributed by atoms with Gasteiger partial charge < -0.3 is 12.4 Å². The summed E-state index contributed by atoms with van der Waals surface area (Å²) in [7, 11) is 0. The molecule has 1 aliphatic rings. The van der Waals surface area contributed by atoms with Crippen LogP contribution in [-0.4, -0.2) is 6.18 Å². The predicted molar refractivity (Wildman–Crippen MR) is 35.9 cm³/mol. The van der Waals surface area contributed by atoms with Crippen LogP contribution in [0.2, 0.25) is 0 Å². The summed E-state index contributed by atoms with van der Waals surface area (Å²) in [4.78, 5) is 0. The zero-order valence-corrected chi connectivity index (χ0v) is 10.8. The summed E-state index contributed by atoms with van der Waals surface area (Å²) < 4.78 is 35.6. The third kappa shape index (κ3) is 4.88. The van der Waals surface area contributed by atoms with Crippen LogP contribution in [0.1, 0.15) is 0 Å². The molecule has 0 saturated carbocycles. The molecule has 1 aliphatic carbocycles. The monoisotopic (exact) mass is 278 g/mol. The molecule has 0 nitrogen and oxygen atoms in total. The molecule has 6 heteroatoms. The van der Waals surface area contributed by atoms with Gasteiger partial charge in [0.25, 0.3) is 0 Å². The van der Waals surface area contributed by atoms with Crippen LogP contribution in [-0.2, 0) is 19.5 Å². The first kappa shape index (κ1) is 15.7. The van der Waals surface area contributed by atoms with Crippen LogP contribution < -0.4 is 12.4 Å². The second kappa shape index (κ2) is 5.87. The van der Waals surface area contributed by atoms with Crippen molar-refractivity contribution < 1.29 is 45.1 Å². The third-order valence-electron chi connectivity index (χ3n) is 1.07. The van der Waals surface area contributed by atoms with Crippen molar-refractivity contribution in [3.05, 3.63) is 34.9 Å². The Morgan fingerprint density at radius 3 is 2.15 bits per heavy atom. The molecule has 0 aromatic rings. The molecule has 69 valence electrons. The van der Waals surface area contributed by atoms with Crippen molar-refractivity contribution in [2.45, 2.75) is 6.18 Å². The normalized spacial score (nSPS) is 15.1. The van der Waals surface area contributed by atoms with Crippen molar-refractivity contribution in [3.8, 4) is 0 Å². The molecule has 0 aromatic heterocycles. The second-order valence-corrected chi connectivity index (χ2v) is 2.35. The molecule has 1 rings (SSSR count). The van der Waals surface area contributed by atoms with E-state index in [9.17, 15) is 13.2 Å². The fourth-order valence-electron chi connectivity index (χ4n) is 0.602. The summed E-state index contributed by atoms with van der Waals surface area (Å²) in [5.74, 6) is 0. The van der Waals surface area contributed by atoms with Gasteiger partial charge >= 0.3 is 6.18 Å². The van der Waals surface area contributed by atoms with E-state index in [0.717, 1.165) is 12.5 Å². The molecule has 0 atom stereocenters. The average Bonchev–Trinajstić information content (AvgIpc) is 1.86. The summed E-state index contributed by atoms with van der Waals surface area (Å²) in [6.45, 7) is 0. The molecule has 0 spiro atoms. The van der Waals surface area contributed by atoms with Crippen LogP contribution in [0.15, 0.2) is 28.5 Å². The first-order chi connectivity index (χ1) is 5.00. The molecule has 0 heterocycles. The van der Waals surface area contributed by atoms with Crippen LogP contribution >= 0.6 is 11.6 Å². The maximum absolute atomic E-state index is 11.9. The Kier molecular flexibility index (Phi) is 7.10. The van der Waals surface area contributed by atoms with Gasteiger partial charge in [0, 0.05) is 30.9 Å². The fourth-order valence-corrected chi connectivity index (χ4v) is 0.774. The summed E-state index contributed by atoms with van der Waals surface area (Å²) in [5.41, 5.74) is 1.20. The predicted octanol–water partition coefficient (Wildman–Crippen LogP) is -0.0277. The average molecular weight is 280 g/mol. The van der Waals surface area contributed by atoms with Crippen molar-refractivity contribution >= 4 is 11.6 Å². The maximum atomic E-state index is 11.9. The Hall–Kier alpha value is 0.253. The Bertz CT molecular complexity index is 261. The van der Waals surface area contributed by atoms with Gasteiger partial charge in [-0.3, -0.25) is 0 Å². The Morgan fingerprint density at radius 2 is 1.85 bits per heavy atom. The van der Waals surface area contributed by atoms with Crippen molar-refractivity contribution in [1.82, 2.24) is 0 Å². The van der Waals surface area contributed by atoms with E-state index < -0.39 is 11.7 Å². The Balaban J connectivity index is 0. The van der Waals surface area contributed by atoms with E-state index >= 15 is 0 Å². The third-order valence-corrected chi connectivity index (χ3v) is 1.30. The van der Waals surface area contributed by atoms with E-state index in [1.54, 1.807) is 0 Å². The van der Waals surface area contributed by atoms with Crippen LogP contribution in [0.4, 0.5) is 13.2 Å². The van der Waals surface area contributed by atoms with Crippen molar-refractivity contribution in [2.75, 3.05) is 0 Å². The number of hydrogen-bond donors (Lipinski definition) is 0. The van der Waals surface area contributed by atoms with Gasteiger partial charge in [-0.15, -0.1) is 5.73 Å². The van der Waals surface area contributed by atoms with Gasteiger partial charge in [0.2, 0.25) is 0 Å². The van der Waals surface area contributed by atoms with E-state index in [2.05, 4.69) is 0 Å². The number of halogens is 5. The maximum Gasteiger partial charge on any atom is 0.420 e. The molecule has 0 fully saturated rings. The summed E-state index contributed by atoms with van der Waals surface area (Å²) in [6.07, 6.45) is -1.03. The molecule has 0 aromatic carbocycles. The first-order valence-corrected chi connectivity index (χ1v) is 3.12. The zero-order valence-electron chi connectivity index (χ0n) is 6.33. The molecule has 0 aliphatic heterocycles. The quantitative estimate of drug-likeness (QED) is 0.432. The van der Waals surface area contributed by atoms with Gasteiger partial charge in [-0.05, 0) is 12.2 Å². The fraction of sp³-hybridized carbons (Fsp3) is 0.143. The van der Waals surface area contributed by atoms with E-state index in [0.29, 0.717) is 0 Å². The molecule has 1 radical (unpaired) electrons. The molecule has 0 saturated heterocycles. The van der Waals surface area contributed by atoms with Crippen LogP contribution in [0.3, 0.4) is 0 Å². The minimum atomic E-state index is -4.36. The van der Waals surface area contributed by atoms with E-state index in [1.807, 2.05) is 5.73 Å². The number of allylic oxidation sites excluding steroid dienone is 3. The van der Waals surface area contributed by atoms with Crippen LogP contribution in [0.25, 0.3) is 0 Å².